The van der Waals surface area contributed by atoms with E-state index < -0.39 is 11.7 Å². The van der Waals surface area contributed by atoms with Gasteiger partial charge in [-0.05, 0) is 44.5 Å². The van der Waals surface area contributed by atoms with Gasteiger partial charge < -0.3 is 5.32 Å². The van der Waals surface area contributed by atoms with Gasteiger partial charge in [0.25, 0.3) is 5.91 Å². The average molecular weight is 391 g/mol. The van der Waals surface area contributed by atoms with E-state index in [0.717, 1.165) is 17.8 Å². The summed E-state index contributed by atoms with van der Waals surface area (Å²) < 4.78 is 41.8. The predicted octanol–water partition coefficient (Wildman–Crippen LogP) is 3.86. The van der Waals surface area contributed by atoms with Gasteiger partial charge in [0, 0.05) is 7.05 Å². The molecule has 3 aromatic rings. The first-order valence-corrected chi connectivity index (χ1v) is 8.58. The Morgan fingerprint density at radius 1 is 1.14 bits per heavy atom. The van der Waals surface area contributed by atoms with Crippen molar-refractivity contribution >= 4 is 11.6 Å². The molecular formula is C19H20F3N5O. The summed E-state index contributed by atoms with van der Waals surface area (Å²) in [5, 5.41) is 11.3. The second-order valence-corrected chi connectivity index (χ2v) is 6.65. The van der Waals surface area contributed by atoms with Crippen LogP contribution in [0, 0.1) is 20.8 Å². The Balaban J connectivity index is 1.84. The van der Waals surface area contributed by atoms with Crippen molar-refractivity contribution in [3.8, 4) is 0 Å². The predicted molar refractivity (Wildman–Crippen MR) is 98.1 cm³/mol. The minimum atomic E-state index is -4.40. The standard InChI is InChI=1S/C19H20F3N5O/c1-11-8-16(26(4)24-11)18(28)23-17-12(2)25-27(13(17)3)10-14-6-5-7-15(9-14)19(20,21)22/h5-9H,10H2,1-4H3,(H,23,28). The summed E-state index contributed by atoms with van der Waals surface area (Å²) in [4.78, 5) is 12.5. The van der Waals surface area contributed by atoms with E-state index in [2.05, 4.69) is 15.5 Å². The van der Waals surface area contributed by atoms with Gasteiger partial charge >= 0.3 is 6.18 Å². The third kappa shape index (κ3) is 3.92. The normalized spacial score (nSPS) is 11.7. The quantitative estimate of drug-likeness (QED) is 0.735. The zero-order chi connectivity index (χ0) is 20.6. The van der Waals surface area contributed by atoms with Crippen LogP contribution in [0.1, 0.15) is 38.7 Å². The van der Waals surface area contributed by atoms with Gasteiger partial charge in [-0.3, -0.25) is 14.2 Å². The number of nitrogens with zero attached hydrogens (tertiary/aromatic N) is 4. The lowest BCUT2D eigenvalue weighted by Gasteiger charge is -2.10. The van der Waals surface area contributed by atoms with E-state index in [1.165, 1.54) is 10.7 Å². The van der Waals surface area contributed by atoms with Crippen LogP contribution in [0.3, 0.4) is 0 Å². The van der Waals surface area contributed by atoms with E-state index in [4.69, 9.17) is 0 Å². The Morgan fingerprint density at radius 3 is 2.46 bits per heavy atom. The summed E-state index contributed by atoms with van der Waals surface area (Å²) in [6.07, 6.45) is -4.40. The van der Waals surface area contributed by atoms with Crippen molar-refractivity contribution < 1.29 is 18.0 Å². The molecule has 0 radical (unpaired) electrons. The van der Waals surface area contributed by atoms with Crippen LogP contribution in [0.5, 0.6) is 0 Å². The molecule has 0 spiro atoms. The SMILES string of the molecule is Cc1cc(C(=O)Nc2c(C)nn(Cc3cccc(C(F)(F)F)c3)c2C)n(C)n1. The molecule has 0 aliphatic heterocycles. The zero-order valence-corrected chi connectivity index (χ0v) is 15.9. The summed E-state index contributed by atoms with van der Waals surface area (Å²) in [6.45, 7) is 5.45. The van der Waals surface area contributed by atoms with E-state index in [9.17, 15) is 18.0 Å². The Kier molecular flexibility index (Phi) is 5.01. The van der Waals surface area contributed by atoms with Crippen molar-refractivity contribution in [1.82, 2.24) is 19.6 Å². The summed E-state index contributed by atoms with van der Waals surface area (Å²) in [6, 6.07) is 6.80. The number of aromatic nitrogens is 4. The summed E-state index contributed by atoms with van der Waals surface area (Å²) in [7, 11) is 1.68. The number of anilines is 1. The molecule has 6 nitrogen and oxygen atoms in total. The van der Waals surface area contributed by atoms with Crippen molar-refractivity contribution in [2.24, 2.45) is 7.05 Å². The number of halogens is 3. The van der Waals surface area contributed by atoms with Crippen LogP contribution in [0.4, 0.5) is 18.9 Å². The van der Waals surface area contributed by atoms with Gasteiger partial charge in [-0.15, -0.1) is 0 Å². The summed E-state index contributed by atoms with van der Waals surface area (Å²) in [5.41, 5.74) is 2.67. The number of benzene rings is 1. The number of alkyl halides is 3. The second kappa shape index (κ2) is 7.14. The maximum Gasteiger partial charge on any atom is 0.416 e. The smallest absolute Gasteiger partial charge is 0.317 e. The molecule has 2 aromatic heterocycles. The molecule has 2 heterocycles. The number of amides is 1. The first-order chi connectivity index (χ1) is 13.1. The first kappa shape index (κ1) is 19.7. The fraction of sp³-hybridized carbons (Fsp3) is 0.316. The van der Waals surface area contributed by atoms with Crippen molar-refractivity contribution in [3.05, 3.63) is 64.2 Å². The molecule has 0 aliphatic rings. The first-order valence-electron chi connectivity index (χ1n) is 8.58. The van der Waals surface area contributed by atoms with Crippen molar-refractivity contribution in [1.29, 1.82) is 0 Å². The lowest BCUT2D eigenvalue weighted by molar-refractivity contribution is -0.137. The van der Waals surface area contributed by atoms with Crippen LogP contribution >= 0.6 is 0 Å². The van der Waals surface area contributed by atoms with Gasteiger partial charge in [-0.2, -0.15) is 23.4 Å². The molecule has 1 amide bonds. The molecule has 0 bridgehead atoms. The summed E-state index contributed by atoms with van der Waals surface area (Å²) >= 11 is 0. The molecule has 0 saturated carbocycles. The fourth-order valence-corrected chi connectivity index (χ4v) is 3.05. The van der Waals surface area contributed by atoms with Crippen molar-refractivity contribution in [3.63, 3.8) is 0 Å². The van der Waals surface area contributed by atoms with Crippen LogP contribution in [-0.2, 0) is 19.8 Å². The van der Waals surface area contributed by atoms with E-state index >= 15 is 0 Å². The van der Waals surface area contributed by atoms with Crippen molar-refractivity contribution in [2.45, 2.75) is 33.5 Å². The average Bonchev–Trinajstić information content (AvgIpc) is 3.07. The molecule has 0 saturated heterocycles. The minimum absolute atomic E-state index is 0.164. The third-order valence-electron chi connectivity index (χ3n) is 4.44. The molecule has 0 fully saturated rings. The molecule has 148 valence electrons. The highest BCUT2D eigenvalue weighted by atomic mass is 19.4. The van der Waals surface area contributed by atoms with Crippen LogP contribution in [0.25, 0.3) is 0 Å². The molecule has 1 aromatic carbocycles. The maximum atomic E-state index is 12.9. The topological polar surface area (TPSA) is 64.7 Å². The number of rotatable bonds is 4. The number of carbonyl (C=O) groups excluding carboxylic acids is 1. The number of carbonyl (C=O) groups is 1. The molecular weight excluding hydrogens is 371 g/mol. The van der Waals surface area contributed by atoms with Gasteiger partial charge in [0.05, 0.1) is 34.9 Å². The van der Waals surface area contributed by atoms with Crippen molar-refractivity contribution in [2.75, 3.05) is 5.32 Å². The molecule has 0 atom stereocenters. The lowest BCUT2D eigenvalue weighted by Crippen LogP contribution is -2.17. The number of aryl methyl sites for hydroxylation is 3. The van der Waals surface area contributed by atoms with E-state index in [1.54, 1.807) is 44.6 Å². The molecule has 9 heteroatoms. The van der Waals surface area contributed by atoms with Gasteiger partial charge in [-0.1, -0.05) is 12.1 Å². The molecule has 3 rings (SSSR count). The highest BCUT2D eigenvalue weighted by Gasteiger charge is 2.30. The highest BCUT2D eigenvalue weighted by Crippen LogP contribution is 2.30. The number of hydrogen-bond acceptors (Lipinski definition) is 3. The second-order valence-electron chi connectivity index (χ2n) is 6.65. The minimum Gasteiger partial charge on any atom is -0.317 e. The monoisotopic (exact) mass is 391 g/mol. The largest absolute Gasteiger partial charge is 0.416 e. The molecule has 28 heavy (non-hydrogen) atoms. The van der Waals surface area contributed by atoms with Gasteiger partial charge in [0.15, 0.2) is 0 Å². The third-order valence-corrected chi connectivity index (χ3v) is 4.44. The van der Waals surface area contributed by atoms with Crippen LogP contribution < -0.4 is 5.32 Å². The lowest BCUT2D eigenvalue weighted by atomic mass is 10.1. The van der Waals surface area contributed by atoms with E-state index in [-0.39, 0.29) is 12.5 Å². The Labute approximate surface area is 160 Å². The number of hydrogen-bond donors (Lipinski definition) is 1. The van der Waals surface area contributed by atoms with Crippen LogP contribution in [0.15, 0.2) is 30.3 Å². The summed E-state index contributed by atoms with van der Waals surface area (Å²) in [5.74, 6) is -0.326. The Bertz CT molecular complexity index is 1030. The van der Waals surface area contributed by atoms with Crippen LogP contribution in [0.2, 0.25) is 0 Å². The number of nitrogens with one attached hydrogen (secondary N) is 1. The van der Waals surface area contributed by atoms with E-state index in [1.807, 2.05) is 0 Å². The maximum absolute atomic E-state index is 12.9. The Morgan fingerprint density at radius 2 is 1.86 bits per heavy atom. The van der Waals surface area contributed by atoms with Crippen LogP contribution in [-0.4, -0.2) is 25.5 Å². The highest BCUT2D eigenvalue weighted by molar-refractivity contribution is 6.03. The van der Waals surface area contributed by atoms with Gasteiger partial charge in [0.2, 0.25) is 0 Å². The fourth-order valence-electron chi connectivity index (χ4n) is 3.05. The molecule has 0 aliphatic carbocycles. The Hall–Kier alpha value is -3.10. The van der Waals surface area contributed by atoms with E-state index in [0.29, 0.717) is 28.3 Å². The zero-order valence-electron chi connectivity index (χ0n) is 15.9. The van der Waals surface area contributed by atoms with Gasteiger partial charge in [-0.25, -0.2) is 0 Å². The molecule has 1 N–H and O–H groups in total. The molecule has 0 unspecified atom stereocenters. The van der Waals surface area contributed by atoms with Gasteiger partial charge in [0.1, 0.15) is 5.69 Å².